The number of carbonyl (C=O) groups excluding carboxylic acids is 1. The molecule has 0 aliphatic heterocycles. The van der Waals surface area contributed by atoms with Crippen molar-refractivity contribution in [3.05, 3.63) is 65.2 Å². The van der Waals surface area contributed by atoms with E-state index in [9.17, 15) is 4.79 Å². The van der Waals surface area contributed by atoms with Crippen LogP contribution in [-0.2, 0) is 0 Å². The van der Waals surface area contributed by atoms with E-state index in [-0.39, 0.29) is 6.03 Å². The van der Waals surface area contributed by atoms with Crippen molar-refractivity contribution in [1.82, 2.24) is 4.90 Å². The molecular weight excluding hydrogens is 380 g/mol. The third-order valence-electron chi connectivity index (χ3n) is 6.74. The minimum absolute atomic E-state index is 0.0695. The first-order chi connectivity index (χ1) is 14.9. The molecule has 0 bridgehead atoms. The second-order valence-corrected chi connectivity index (χ2v) is 9.66. The minimum Gasteiger partial charge on any atom is -0.322 e. The largest absolute Gasteiger partial charge is 0.322 e. The van der Waals surface area contributed by atoms with Crippen molar-refractivity contribution >= 4 is 11.7 Å². The van der Waals surface area contributed by atoms with Gasteiger partial charge < -0.3 is 10.2 Å². The van der Waals surface area contributed by atoms with Crippen LogP contribution in [0.3, 0.4) is 0 Å². The minimum atomic E-state index is 0.0695. The fourth-order valence-corrected chi connectivity index (χ4v) is 5.01. The SMILES string of the molecule is CCCN(C(=O)Nc1c(C(C)C)cccc1C(C)C)C1CCC(c2ccccc2)CC1. The zero-order valence-electron chi connectivity index (χ0n) is 20.0. The van der Waals surface area contributed by atoms with Crippen LogP contribution < -0.4 is 5.32 Å². The number of nitrogens with one attached hydrogen (secondary N) is 1. The van der Waals surface area contributed by atoms with Crippen molar-refractivity contribution in [3.8, 4) is 0 Å². The number of benzene rings is 2. The summed E-state index contributed by atoms with van der Waals surface area (Å²) in [6.45, 7) is 11.8. The molecule has 0 saturated heterocycles. The van der Waals surface area contributed by atoms with E-state index in [1.54, 1.807) is 0 Å². The molecule has 0 unspecified atom stereocenters. The fourth-order valence-electron chi connectivity index (χ4n) is 5.01. The summed E-state index contributed by atoms with van der Waals surface area (Å²) in [5.74, 6) is 1.36. The molecule has 0 radical (unpaired) electrons. The number of carbonyl (C=O) groups is 1. The van der Waals surface area contributed by atoms with Crippen LogP contribution >= 0.6 is 0 Å². The average molecular weight is 421 g/mol. The molecule has 168 valence electrons. The first-order valence-electron chi connectivity index (χ1n) is 12.2. The number of amides is 2. The molecule has 2 amide bonds. The lowest BCUT2D eigenvalue weighted by Crippen LogP contribution is -2.45. The van der Waals surface area contributed by atoms with E-state index in [1.165, 1.54) is 16.7 Å². The van der Waals surface area contributed by atoms with Gasteiger partial charge in [0.25, 0.3) is 0 Å². The molecule has 3 nitrogen and oxygen atoms in total. The second kappa shape index (κ2) is 10.8. The Morgan fingerprint density at radius 2 is 1.48 bits per heavy atom. The number of anilines is 1. The lowest BCUT2D eigenvalue weighted by molar-refractivity contribution is 0.162. The summed E-state index contributed by atoms with van der Waals surface area (Å²) in [4.78, 5) is 15.6. The van der Waals surface area contributed by atoms with Gasteiger partial charge in [0.15, 0.2) is 0 Å². The topological polar surface area (TPSA) is 32.3 Å². The quantitative estimate of drug-likeness (QED) is 0.485. The van der Waals surface area contributed by atoms with Crippen molar-refractivity contribution in [1.29, 1.82) is 0 Å². The highest BCUT2D eigenvalue weighted by Gasteiger charge is 2.30. The van der Waals surface area contributed by atoms with Crippen LogP contribution in [0, 0.1) is 0 Å². The molecule has 2 aromatic carbocycles. The van der Waals surface area contributed by atoms with E-state index < -0.39 is 0 Å². The van der Waals surface area contributed by atoms with Gasteiger partial charge in [0.1, 0.15) is 0 Å². The Hall–Kier alpha value is -2.29. The van der Waals surface area contributed by atoms with Gasteiger partial charge in [-0.3, -0.25) is 0 Å². The number of hydrogen-bond donors (Lipinski definition) is 1. The van der Waals surface area contributed by atoms with Gasteiger partial charge in [0.05, 0.1) is 0 Å². The van der Waals surface area contributed by atoms with Gasteiger partial charge in [-0.1, -0.05) is 83.1 Å². The Bertz CT molecular complexity index is 809. The Labute approximate surface area is 189 Å². The van der Waals surface area contributed by atoms with Gasteiger partial charge in [-0.25, -0.2) is 4.79 Å². The normalized spacial score (nSPS) is 18.9. The predicted octanol–water partition coefficient (Wildman–Crippen LogP) is 7.90. The van der Waals surface area contributed by atoms with Crippen molar-refractivity contribution in [2.75, 3.05) is 11.9 Å². The molecular formula is C28H40N2O. The van der Waals surface area contributed by atoms with Gasteiger partial charge in [-0.15, -0.1) is 0 Å². The maximum atomic E-state index is 13.5. The summed E-state index contributed by atoms with van der Waals surface area (Å²) in [5.41, 5.74) is 4.92. The summed E-state index contributed by atoms with van der Waals surface area (Å²) in [5, 5.41) is 3.35. The maximum Gasteiger partial charge on any atom is 0.322 e. The Morgan fingerprint density at radius 3 is 2.00 bits per heavy atom. The summed E-state index contributed by atoms with van der Waals surface area (Å²) >= 11 is 0. The zero-order chi connectivity index (χ0) is 22.4. The van der Waals surface area contributed by atoms with Crippen LogP contribution in [0.5, 0.6) is 0 Å². The predicted molar refractivity (Wildman–Crippen MR) is 132 cm³/mol. The molecule has 3 rings (SSSR count). The van der Waals surface area contributed by atoms with E-state index in [0.29, 0.717) is 23.8 Å². The number of urea groups is 1. The molecule has 1 saturated carbocycles. The van der Waals surface area contributed by atoms with E-state index in [1.807, 2.05) is 0 Å². The van der Waals surface area contributed by atoms with Crippen LogP contribution in [0.25, 0.3) is 0 Å². The Morgan fingerprint density at radius 1 is 0.903 bits per heavy atom. The van der Waals surface area contributed by atoms with Crippen molar-refractivity contribution in [2.24, 2.45) is 0 Å². The lowest BCUT2D eigenvalue weighted by Gasteiger charge is -2.37. The molecule has 2 aromatic rings. The van der Waals surface area contributed by atoms with Crippen LogP contribution in [0.2, 0.25) is 0 Å². The Kier molecular flexibility index (Phi) is 8.17. The van der Waals surface area contributed by atoms with Crippen LogP contribution in [0.4, 0.5) is 10.5 Å². The molecule has 0 aromatic heterocycles. The highest BCUT2D eigenvalue weighted by Crippen LogP contribution is 2.36. The lowest BCUT2D eigenvalue weighted by atomic mass is 9.81. The van der Waals surface area contributed by atoms with Gasteiger partial charge in [-0.2, -0.15) is 0 Å². The molecule has 0 spiro atoms. The molecule has 31 heavy (non-hydrogen) atoms. The van der Waals surface area contributed by atoms with E-state index in [2.05, 4.69) is 93.4 Å². The molecule has 1 N–H and O–H groups in total. The molecule has 3 heteroatoms. The first kappa shape index (κ1) is 23.4. The van der Waals surface area contributed by atoms with Gasteiger partial charge in [-0.05, 0) is 66.5 Å². The monoisotopic (exact) mass is 420 g/mol. The molecule has 1 aliphatic carbocycles. The smallest absolute Gasteiger partial charge is 0.322 e. The Balaban J connectivity index is 1.75. The second-order valence-electron chi connectivity index (χ2n) is 9.66. The number of nitrogens with zero attached hydrogens (tertiary/aromatic N) is 1. The maximum absolute atomic E-state index is 13.5. The van der Waals surface area contributed by atoms with Crippen LogP contribution in [0.1, 0.15) is 101 Å². The molecule has 0 heterocycles. The summed E-state index contributed by atoms with van der Waals surface area (Å²) in [7, 11) is 0. The van der Waals surface area contributed by atoms with Crippen molar-refractivity contribution in [2.45, 2.75) is 90.5 Å². The molecule has 1 aliphatic rings. The van der Waals surface area contributed by atoms with Gasteiger partial charge in [0.2, 0.25) is 0 Å². The van der Waals surface area contributed by atoms with Gasteiger partial charge in [0, 0.05) is 18.3 Å². The summed E-state index contributed by atoms with van der Waals surface area (Å²) in [6.07, 6.45) is 5.45. The van der Waals surface area contributed by atoms with Crippen LogP contribution in [0.15, 0.2) is 48.5 Å². The number of para-hydroxylation sites is 1. The standard InChI is InChI=1S/C28H40N2O/c1-6-19-30(24-17-15-23(16-18-24)22-11-8-7-9-12-22)28(31)29-27-25(20(2)3)13-10-14-26(27)21(4)5/h7-14,20-21,23-24H,6,15-19H2,1-5H3,(H,29,31). The van der Waals surface area contributed by atoms with E-state index >= 15 is 0 Å². The number of hydrogen-bond acceptors (Lipinski definition) is 1. The van der Waals surface area contributed by atoms with Crippen molar-refractivity contribution in [3.63, 3.8) is 0 Å². The molecule has 1 fully saturated rings. The average Bonchev–Trinajstić information content (AvgIpc) is 2.78. The third kappa shape index (κ3) is 5.70. The van der Waals surface area contributed by atoms with E-state index in [0.717, 1.165) is 44.3 Å². The number of rotatable bonds is 7. The van der Waals surface area contributed by atoms with Crippen LogP contribution in [-0.4, -0.2) is 23.5 Å². The fraction of sp³-hybridized carbons (Fsp3) is 0.536. The van der Waals surface area contributed by atoms with E-state index in [4.69, 9.17) is 0 Å². The first-order valence-corrected chi connectivity index (χ1v) is 12.2. The summed E-state index contributed by atoms with van der Waals surface area (Å²) in [6, 6.07) is 17.7. The highest BCUT2D eigenvalue weighted by molar-refractivity contribution is 5.91. The van der Waals surface area contributed by atoms with Crippen molar-refractivity contribution < 1.29 is 4.79 Å². The third-order valence-corrected chi connectivity index (χ3v) is 6.74. The summed E-state index contributed by atoms with van der Waals surface area (Å²) < 4.78 is 0. The highest BCUT2D eigenvalue weighted by atomic mass is 16.2. The molecule has 0 atom stereocenters. The van der Waals surface area contributed by atoms with Gasteiger partial charge >= 0.3 is 6.03 Å². The zero-order valence-corrected chi connectivity index (χ0v) is 20.0.